The smallest absolute Gasteiger partial charge is 0.162 e. The van der Waals surface area contributed by atoms with E-state index in [2.05, 4.69) is 15.2 Å². The van der Waals surface area contributed by atoms with Crippen LogP contribution in [0.4, 0.5) is 0 Å². The molecule has 2 heterocycles. The molecule has 0 radical (unpaired) electrons. The van der Waals surface area contributed by atoms with Crippen molar-refractivity contribution >= 4 is 0 Å². The monoisotopic (exact) mass is 190 g/mol. The predicted molar refractivity (Wildman–Crippen MR) is 49.9 cm³/mol. The average Bonchev–Trinajstić information content (AvgIpc) is 2.74. The molecule has 2 aromatic heterocycles. The fourth-order valence-electron chi connectivity index (χ4n) is 1.25. The Morgan fingerprint density at radius 1 is 1.29 bits per heavy atom. The Morgan fingerprint density at radius 2 is 2.21 bits per heavy atom. The van der Waals surface area contributed by atoms with Crippen LogP contribution in [0, 0.1) is 0 Å². The fraction of sp³-hybridized carbons (Fsp3) is 0.111. The van der Waals surface area contributed by atoms with Gasteiger partial charge >= 0.3 is 0 Å². The van der Waals surface area contributed by atoms with Gasteiger partial charge in [0, 0.05) is 12.4 Å². The first kappa shape index (κ1) is 8.86. The Balaban J connectivity index is 2.31. The summed E-state index contributed by atoms with van der Waals surface area (Å²) in [5, 5.41) is 6.62. The third-order valence-corrected chi connectivity index (χ3v) is 1.90. The van der Waals surface area contributed by atoms with E-state index in [-0.39, 0.29) is 0 Å². The molecule has 1 atom stereocenters. The van der Waals surface area contributed by atoms with Gasteiger partial charge in [-0.15, -0.1) is 0 Å². The highest BCUT2D eigenvalue weighted by Crippen LogP contribution is 2.19. The molecule has 14 heavy (non-hydrogen) atoms. The number of nitrogens with one attached hydrogen (secondary N) is 1. The van der Waals surface area contributed by atoms with Gasteiger partial charge in [0.2, 0.25) is 0 Å². The Bertz CT molecular complexity index is 373. The van der Waals surface area contributed by atoms with Crippen LogP contribution < -0.4 is 5.90 Å². The van der Waals surface area contributed by atoms with Gasteiger partial charge in [0.25, 0.3) is 0 Å². The van der Waals surface area contributed by atoms with E-state index in [1.807, 2.05) is 18.2 Å². The molecule has 0 aliphatic carbocycles. The molecule has 0 aromatic carbocycles. The van der Waals surface area contributed by atoms with E-state index < -0.39 is 6.10 Å². The normalized spacial score (nSPS) is 12.6. The molecule has 0 spiro atoms. The first-order chi connectivity index (χ1) is 6.92. The SMILES string of the molecule is NOC(c1ccccn1)c1ccn[nH]1. The maximum Gasteiger partial charge on any atom is 0.162 e. The van der Waals surface area contributed by atoms with Crippen LogP contribution in [-0.2, 0) is 4.84 Å². The molecule has 0 aliphatic rings. The van der Waals surface area contributed by atoms with Crippen LogP contribution in [0.2, 0.25) is 0 Å². The summed E-state index contributed by atoms with van der Waals surface area (Å²) in [6.07, 6.45) is 2.95. The van der Waals surface area contributed by atoms with E-state index in [1.54, 1.807) is 18.5 Å². The van der Waals surface area contributed by atoms with E-state index in [0.29, 0.717) is 0 Å². The minimum Gasteiger partial charge on any atom is -0.288 e. The average molecular weight is 190 g/mol. The second-order valence-corrected chi connectivity index (χ2v) is 2.78. The summed E-state index contributed by atoms with van der Waals surface area (Å²) in [5.41, 5.74) is 1.53. The van der Waals surface area contributed by atoms with Gasteiger partial charge < -0.3 is 0 Å². The zero-order valence-electron chi connectivity index (χ0n) is 7.42. The quantitative estimate of drug-likeness (QED) is 0.701. The van der Waals surface area contributed by atoms with Gasteiger partial charge in [-0.3, -0.25) is 14.9 Å². The summed E-state index contributed by atoms with van der Waals surface area (Å²) < 4.78 is 0. The lowest BCUT2D eigenvalue weighted by atomic mass is 10.2. The Kier molecular flexibility index (Phi) is 2.53. The van der Waals surface area contributed by atoms with Crippen LogP contribution >= 0.6 is 0 Å². The van der Waals surface area contributed by atoms with Crippen LogP contribution in [0.15, 0.2) is 36.7 Å². The number of nitrogens with two attached hydrogens (primary N) is 1. The second-order valence-electron chi connectivity index (χ2n) is 2.78. The highest BCUT2D eigenvalue weighted by molar-refractivity contribution is 5.18. The second kappa shape index (κ2) is 3.99. The van der Waals surface area contributed by atoms with Crippen molar-refractivity contribution in [2.24, 2.45) is 5.90 Å². The molecule has 1 unspecified atom stereocenters. The number of aromatic nitrogens is 3. The lowest BCUT2D eigenvalue weighted by Gasteiger charge is -2.10. The Morgan fingerprint density at radius 3 is 2.79 bits per heavy atom. The number of aromatic amines is 1. The molecule has 2 rings (SSSR count). The molecule has 0 saturated carbocycles. The van der Waals surface area contributed by atoms with Gasteiger partial charge in [0.05, 0.1) is 11.4 Å². The van der Waals surface area contributed by atoms with Crippen molar-refractivity contribution in [3.05, 3.63) is 48.0 Å². The maximum atomic E-state index is 5.21. The number of H-pyrrole nitrogens is 1. The molecular formula is C9H10N4O. The van der Waals surface area contributed by atoms with Crippen molar-refractivity contribution in [3.8, 4) is 0 Å². The first-order valence-electron chi connectivity index (χ1n) is 4.17. The largest absolute Gasteiger partial charge is 0.288 e. The fourth-order valence-corrected chi connectivity index (χ4v) is 1.25. The van der Waals surface area contributed by atoms with Crippen molar-refractivity contribution in [1.82, 2.24) is 15.2 Å². The molecule has 0 saturated heterocycles. The number of hydrogen-bond acceptors (Lipinski definition) is 4. The van der Waals surface area contributed by atoms with Gasteiger partial charge in [0.15, 0.2) is 6.10 Å². The van der Waals surface area contributed by atoms with Crippen molar-refractivity contribution in [2.75, 3.05) is 0 Å². The van der Waals surface area contributed by atoms with E-state index in [9.17, 15) is 0 Å². The van der Waals surface area contributed by atoms with Gasteiger partial charge in [-0.2, -0.15) is 5.10 Å². The Labute approximate surface area is 80.9 Å². The van der Waals surface area contributed by atoms with Crippen LogP contribution in [0.3, 0.4) is 0 Å². The van der Waals surface area contributed by atoms with Crippen LogP contribution in [0.1, 0.15) is 17.5 Å². The molecular weight excluding hydrogens is 180 g/mol. The van der Waals surface area contributed by atoms with Gasteiger partial charge in [0.1, 0.15) is 0 Å². The molecule has 3 N–H and O–H groups in total. The van der Waals surface area contributed by atoms with Crippen molar-refractivity contribution < 1.29 is 4.84 Å². The molecule has 0 aliphatic heterocycles. The molecule has 5 heteroatoms. The highest BCUT2D eigenvalue weighted by atomic mass is 16.6. The van der Waals surface area contributed by atoms with E-state index >= 15 is 0 Å². The summed E-state index contributed by atoms with van der Waals surface area (Å²) in [6.45, 7) is 0. The number of pyridine rings is 1. The number of nitrogens with zero attached hydrogens (tertiary/aromatic N) is 2. The highest BCUT2D eigenvalue weighted by Gasteiger charge is 2.15. The third kappa shape index (κ3) is 1.63. The molecule has 0 fully saturated rings. The minimum absolute atomic E-state index is 0.390. The van der Waals surface area contributed by atoms with Crippen molar-refractivity contribution in [3.63, 3.8) is 0 Å². The van der Waals surface area contributed by atoms with Gasteiger partial charge in [-0.25, -0.2) is 5.90 Å². The molecule has 72 valence electrons. The Hall–Kier alpha value is -1.72. The standard InChI is InChI=1S/C9H10N4O/c10-14-9(8-4-6-12-13-8)7-3-1-2-5-11-7/h1-6,9H,10H2,(H,12,13). The zero-order chi connectivity index (χ0) is 9.80. The summed E-state index contributed by atoms with van der Waals surface area (Å²) in [6, 6.07) is 7.36. The zero-order valence-corrected chi connectivity index (χ0v) is 7.42. The van der Waals surface area contributed by atoms with Crippen LogP contribution in [-0.4, -0.2) is 15.2 Å². The van der Waals surface area contributed by atoms with Gasteiger partial charge in [-0.05, 0) is 18.2 Å². The van der Waals surface area contributed by atoms with Crippen LogP contribution in [0.25, 0.3) is 0 Å². The number of hydrogen-bond donors (Lipinski definition) is 2. The topological polar surface area (TPSA) is 76.8 Å². The maximum absolute atomic E-state index is 5.21. The van der Waals surface area contributed by atoms with E-state index in [4.69, 9.17) is 10.7 Å². The van der Waals surface area contributed by atoms with Crippen molar-refractivity contribution in [2.45, 2.75) is 6.10 Å². The van der Waals surface area contributed by atoms with Gasteiger partial charge in [-0.1, -0.05) is 6.07 Å². The molecule has 2 aromatic rings. The molecule has 5 nitrogen and oxygen atoms in total. The summed E-state index contributed by atoms with van der Waals surface area (Å²) in [5.74, 6) is 5.21. The summed E-state index contributed by atoms with van der Waals surface area (Å²) in [7, 11) is 0. The van der Waals surface area contributed by atoms with Crippen molar-refractivity contribution in [1.29, 1.82) is 0 Å². The lowest BCUT2D eigenvalue weighted by Crippen LogP contribution is -2.12. The molecule has 0 bridgehead atoms. The minimum atomic E-state index is -0.390. The predicted octanol–water partition coefficient (Wildman–Crippen LogP) is 0.784. The number of rotatable bonds is 3. The van der Waals surface area contributed by atoms with E-state index in [1.165, 1.54) is 0 Å². The lowest BCUT2D eigenvalue weighted by molar-refractivity contribution is 0.0754. The third-order valence-electron chi connectivity index (χ3n) is 1.90. The first-order valence-corrected chi connectivity index (χ1v) is 4.17. The van der Waals surface area contributed by atoms with Crippen LogP contribution in [0.5, 0.6) is 0 Å². The molecule has 0 amide bonds. The summed E-state index contributed by atoms with van der Waals surface area (Å²) >= 11 is 0. The van der Waals surface area contributed by atoms with E-state index in [0.717, 1.165) is 11.4 Å². The summed E-state index contributed by atoms with van der Waals surface area (Å²) in [4.78, 5) is 9.00.